The van der Waals surface area contributed by atoms with E-state index in [1.54, 1.807) is 6.07 Å². The summed E-state index contributed by atoms with van der Waals surface area (Å²) in [5.74, 6) is -1.69. The Balaban J connectivity index is 1.40. The van der Waals surface area contributed by atoms with Crippen molar-refractivity contribution in [2.45, 2.75) is 84.2 Å². The lowest BCUT2D eigenvalue weighted by molar-refractivity contribution is -0.0226. The van der Waals surface area contributed by atoms with Gasteiger partial charge in [0.2, 0.25) is 0 Å². The number of ether oxygens (including phenoxy) is 1. The zero-order valence-corrected chi connectivity index (χ0v) is 18.7. The third-order valence-corrected chi connectivity index (χ3v) is 6.98. The highest BCUT2D eigenvalue weighted by atomic mass is 19.2. The van der Waals surface area contributed by atoms with Crippen LogP contribution >= 0.6 is 0 Å². The molecule has 2 aromatic rings. The Hall–Kier alpha value is -1.81. The predicted octanol–water partition coefficient (Wildman–Crippen LogP) is 8.01. The van der Waals surface area contributed by atoms with E-state index in [0.717, 1.165) is 38.7 Å². The molecule has 2 atom stereocenters. The van der Waals surface area contributed by atoms with Crippen molar-refractivity contribution in [1.29, 1.82) is 0 Å². The molecule has 1 aliphatic heterocycles. The van der Waals surface area contributed by atoms with Crippen LogP contribution in [0.1, 0.15) is 76.3 Å². The van der Waals surface area contributed by atoms with Gasteiger partial charge < -0.3 is 4.74 Å². The average Bonchev–Trinajstić information content (AvgIpc) is 2.76. The number of unbranched alkanes of at least 4 members (excludes halogenated alkanes) is 2. The van der Waals surface area contributed by atoms with Crippen LogP contribution in [0.3, 0.4) is 0 Å². The minimum Gasteiger partial charge on any atom is -0.378 e. The van der Waals surface area contributed by atoms with Gasteiger partial charge >= 0.3 is 0 Å². The van der Waals surface area contributed by atoms with Gasteiger partial charge in [-0.05, 0) is 72.8 Å². The molecule has 4 rings (SSSR count). The largest absolute Gasteiger partial charge is 0.378 e. The van der Waals surface area contributed by atoms with Crippen LogP contribution in [-0.4, -0.2) is 12.7 Å². The molecule has 1 aliphatic carbocycles. The minimum atomic E-state index is -0.903. The fourth-order valence-corrected chi connectivity index (χ4v) is 5.10. The van der Waals surface area contributed by atoms with Gasteiger partial charge in [0.15, 0.2) is 11.6 Å². The first-order chi connectivity index (χ1) is 15.0. The first-order valence-corrected chi connectivity index (χ1v) is 12.0. The van der Waals surface area contributed by atoms with Gasteiger partial charge in [-0.1, -0.05) is 51.7 Å². The molecule has 168 valence electrons. The average molecular weight is 431 g/mol. The van der Waals surface area contributed by atoms with Crippen LogP contribution in [0.15, 0.2) is 18.2 Å². The highest BCUT2D eigenvalue weighted by Crippen LogP contribution is 2.51. The molecule has 2 aliphatic rings. The number of halogens is 3. The van der Waals surface area contributed by atoms with Crippen molar-refractivity contribution in [2.75, 3.05) is 6.61 Å². The van der Waals surface area contributed by atoms with E-state index in [-0.39, 0.29) is 16.9 Å². The molecule has 0 spiro atoms. The summed E-state index contributed by atoms with van der Waals surface area (Å²) in [6, 6.07) is 5.37. The van der Waals surface area contributed by atoms with Crippen LogP contribution in [0.2, 0.25) is 0 Å². The standard InChI is InChI=1S/C27H33F3O/c1-3-5-6-8-20-13-10-17(16-31-20)9-11-18-12-14-21-22-15-19(7-4-2)26(29)27(30)24(22)23(21)25(18)28/h12,14-15,17,20H,3-11,13,16H2,1-2H3. The molecule has 0 aromatic heterocycles. The van der Waals surface area contributed by atoms with E-state index in [4.69, 9.17) is 4.74 Å². The van der Waals surface area contributed by atoms with Gasteiger partial charge in [-0.3, -0.25) is 0 Å². The van der Waals surface area contributed by atoms with E-state index < -0.39 is 11.6 Å². The number of rotatable bonds is 9. The Morgan fingerprint density at radius 1 is 0.806 bits per heavy atom. The van der Waals surface area contributed by atoms with Gasteiger partial charge in [-0.25, -0.2) is 13.2 Å². The molecule has 1 saturated heterocycles. The molecule has 1 heterocycles. The van der Waals surface area contributed by atoms with Crippen molar-refractivity contribution >= 4 is 0 Å². The summed E-state index contributed by atoms with van der Waals surface area (Å²) in [6.07, 6.45) is 10.1. The summed E-state index contributed by atoms with van der Waals surface area (Å²) in [7, 11) is 0. The first kappa shape index (κ1) is 22.4. The SMILES string of the molecule is CCCCCC1CCC(CCc2ccc3c(c2F)-c2c-3cc(CCC)c(F)c2F)CO1. The molecule has 4 heteroatoms. The topological polar surface area (TPSA) is 9.23 Å². The highest BCUT2D eigenvalue weighted by Gasteiger charge is 2.33. The van der Waals surface area contributed by atoms with Crippen LogP contribution in [0.25, 0.3) is 22.3 Å². The fraction of sp³-hybridized carbons (Fsp3) is 0.556. The number of hydrogen-bond acceptors (Lipinski definition) is 1. The molecule has 31 heavy (non-hydrogen) atoms. The van der Waals surface area contributed by atoms with Gasteiger partial charge in [0.1, 0.15) is 5.82 Å². The lowest BCUT2D eigenvalue weighted by Gasteiger charge is -2.30. The number of fused-ring (bicyclic) bond motifs is 4. The maximum Gasteiger partial charge on any atom is 0.167 e. The van der Waals surface area contributed by atoms with Crippen molar-refractivity contribution in [3.63, 3.8) is 0 Å². The lowest BCUT2D eigenvalue weighted by Crippen LogP contribution is -2.26. The molecular formula is C27H33F3O. The zero-order chi connectivity index (χ0) is 22.0. The highest BCUT2D eigenvalue weighted by molar-refractivity contribution is 6.03. The van der Waals surface area contributed by atoms with Crippen LogP contribution < -0.4 is 0 Å². The van der Waals surface area contributed by atoms with Gasteiger partial charge in [-0.15, -0.1) is 0 Å². The second-order valence-electron chi connectivity index (χ2n) is 9.23. The fourth-order valence-electron chi connectivity index (χ4n) is 5.10. The zero-order valence-electron chi connectivity index (χ0n) is 18.7. The molecule has 1 fully saturated rings. The minimum absolute atomic E-state index is 0.114. The van der Waals surface area contributed by atoms with E-state index in [9.17, 15) is 8.78 Å². The maximum atomic E-state index is 15.2. The lowest BCUT2D eigenvalue weighted by atomic mass is 9.77. The van der Waals surface area contributed by atoms with E-state index in [2.05, 4.69) is 6.92 Å². The second-order valence-corrected chi connectivity index (χ2v) is 9.23. The normalized spacial score (nSPS) is 19.6. The molecule has 2 unspecified atom stereocenters. The molecule has 1 nitrogen and oxygen atoms in total. The predicted molar refractivity (Wildman–Crippen MR) is 120 cm³/mol. The van der Waals surface area contributed by atoms with Gasteiger partial charge in [0.25, 0.3) is 0 Å². The van der Waals surface area contributed by atoms with E-state index in [0.29, 0.717) is 47.1 Å². The Kier molecular flexibility index (Phi) is 7.05. The summed E-state index contributed by atoms with van der Waals surface area (Å²) < 4.78 is 50.3. The third-order valence-electron chi connectivity index (χ3n) is 6.98. The van der Waals surface area contributed by atoms with Crippen molar-refractivity contribution in [2.24, 2.45) is 5.92 Å². The first-order valence-electron chi connectivity index (χ1n) is 12.0. The Bertz CT molecular complexity index is 929. The third kappa shape index (κ3) is 4.41. The molecule has 2 aromatic carbocycles. The van der Waals surface area contributed by atoms with Gasteiger partial charge in [0.05, 0.1) is 6.10 Å². The van der Waals surface area contributed by atoms with E-state index in [1.807, 2.05) is 19.1 Å². The van der Waals surface area contributed by atoms with Crippen molar-refractivity contribution in [1.82, 2.24) is 0 Å². The number of benzene rings is 2. The summed E-state index contributed by atoms with van der Waals surface area (Å²) in [5, 5.41) is 0. The van der Waals surface area contributed by atoms with Crippen LogP contribution in [0.5, 0.6) is 0 Å². The monoisotopic (exact) mass is 430 g/mol. The summed E-state index contributed by atoms with van der Waals surface area (Å²) >= 11 is 0. The van der Waals surface area contributed by atoms with Crippen LogP contribution in [0.4, 0.5) is 13.2 Å². The van der Waals surface area contributed by atoms with Crippen LogP contribution in [-0.2, 0) is 17.6 Å². The van der Waals surface area contributed by atoms with Gasteiger partial charge in [-0.2, -0.15) is 0 Å². The van der Waals surface area contributed by atoms with Gasteiger partial charge in [0, 0.05) is 17.7 Å². The molecule has 0 amide bonds. The summed E-state index contributed by atoms with van der Waals surface area (Å²) in [6.45, 7) is 4.88. The Morgan fingerprint density at radius 3 is 2.32 bits per heavy atom. The summed E-state index contributed by atoms with van der Waals surface area (Å²) in [4.78, 5) is 0. The molecule has 0 saturated carbocycles. The number of hydrogen-bond donors (Lipinski definition) is 0. The van der Waals surface area contributed by atoms with E-state index in [1.165, 1.54) is 19.3 Å². The summed E-state index contributed by atoms with van der Waals surface area (Å²) in [5.41, 5.74) is 2.66. The molecular weight excluding hydrogens is 397 g/mol. The molecule has 0 N–H and O–H groups in total. The number of aryl methyl sites for hydroxylation is 2. The maximum absolute atomic E-state index is 15.2. The Morgan fingerprint density at radius 2 is 1.61 bits per heavy atom. The van der Waals surface area contributed by atoms with Crippen molar-refractivity contribution in [3.8, 4) is 22.3 Å². The van der Waals surface area contributed by atoms with Crippen LogP contribution in [0, 0.1) is 23.4 Å². The second kappa shape index (κ2) is 9.77. The van der Waals surface area contributed by atoms with E-state index >= 15 is 4.39 Å². The molecule has 0 bridgehead atoms. The molecule has 0 radical (unpaired) electrons. The quantitative estimate of drug-likeness (QED) is 0.312. The van der Waals surface area contributed by atoms with Crippen molar-refractivity contribution in [3.05, 3.63) is 46.8 Å². The Labute approximate surface area is 184 Å². The smallest absolute Gasteiger partial charge is 0.167 e. The van der Waals surface area contributed by atoms with Crippen molar-refractivity contribution < 1.29 is 17.9 Å².